The Morgan fingerprint density at radius 1 is 0.545 bits per heavy atom. The predicted molar refractivity (Wildman–Crippen MR) is 147 cm³/mol. The number of unbranched alkanes of at least 4 members (excludes halogenated alkanes) is 14. The minimum absolute atomic E-state index is 0.292. The summed E-state index contributed by atoms with van der Waals surface area (Å²) in [5, 5.41) is 9.31. The molecule has 3 heteroatoms. The van der Waals surface area contributed by atoms with Gasteiger partial charge in [0.15, 0.2) is 0 Å². The molecule has 0 aliphatic rings. The number of aliphatic hydroxyl groups excluding tert-OH is 1. The van der Waals surface area contributed by atoms with Crippen molar-refractivity contribution in [1.82, 2.24) is 4.90 Å². The average Bonchev–Trinajstić information content (AvgIpc) is 2.82. The molecule has 3 nitrogen and oxygen atoms in total. The molecule has 200 valence electrons. The Labute approximate surface area is 209 Å². The Balaban J connectivity index is 3.84. The van der Waals surface area contributed by atoms with Gasteiger partial charge in [0.25, 0.3) is 0 Å². The van der Waals surface area contributed by atoms with Crippen LogP contribution in [0.2, 0.25) is 0 Å². The van der Waals surface area contributed by atoms with E-state index < -0.39 is 0 Å². The number of aliphatic hydroxyl groups is 1. The SMILES string of the molecule is CCCCCCCCC(CCCCCC)COCCCCCCN(CCO)CCCCCC. The van der Waals surface area contributed by atoms with E-state index in [2.05, 4.69) is 25.7 Å². The van der Waals surface area contributed by atoms with E-state index in [4.69, 9.17) is 4.74 Å². The van der Waals surface area contributed by atoms with Crippen molar-refractivity contribution in [2.24, 2.45) is 5.92 Å². The number of nitrogens with zero attached hydrogens (tertiary/aromatic N) is 1. The first-order chi connectivity index (χ1) is 16.3. The maximum atomic E-state index is 9.31. The summed E-state index contributed by atoms with van der Waals surface area (Å²) >= 11 is 0. The van der Waals surface area contributed by atoms with E-state index in [0.29, 0.717) is 6.61 Å². The van der Waals surface area contributed by atoms with Crippen LogP contribution in [-0.2, 0) is 4.74 Å². The van der Waals surface area contributed by atoms with Gasteiger partial charge in [0.05, 0.1) is 6.61 Å². The molecule has 0 aromatic carbocycles. The first kappa shape index (κ1) is 32.9. The third-order valence-electron chi connectivity index (χ3n) is 7.04. The van der Waals surface area contributed by atoms with Crippen LogP contribution in [0.25, 0.3) is 0 Å². The van der Waals surface area contributed by atoms with Crippen molar-refractivity contribution in [1.29, 1.82) is 0 Å². The molecule has 1 N–H and O–H groups in total. The topological polar surface area (TPSA) is 32.7 Å². The Bertz CT molecular complexity index is 350. The molecule has 0 saturated heterocycles. The molecule has 0 saturated carbocycles. The second-order valence-corrected chi connectivity index (χ2v) is 10.4. The number of hydrogen-bond donors (Lipinski definition) is 1. The zero-order valence-corrected chi connectivity index (χ0v) is 23.3. The molecule has 0 spiro atoms. The first-order valence-electron chi connectivity index (χ1n) is 15.2. The fourth-order valence-electron chi connectivity index (χ4n) is 4.77. The van der Waals surface area contributed by atoms with Gasteiger partial charge in [-0.1, -0.05) is 117 Å². The largest absolute Gasteiger partial charge is 0.395 e. The van der Waals surface area contributed by atoms with Crippen molar-refractivity contribution in [3.05, 3.63) is 0 Å². The molecular weight excluding hydrogens is 406 g/mol. The molecule has 0 aliphatic carbocycles. The zero-order chi connectivity index (χ0) is 24.2. The molecule has 0 bridgehead atoms. The maximum Gasteiger partial charge on any atom is 0.0558 e. The molecule has 1 atom stereocenters. The lowest BCUT2D eigenvalue weighted by molar-refractivity contribution is 0.0877. The van der Waals surface area contributed by atoms with Gasteiger partial charge in [-0.15, -0.1) is 0 Å². The summed E-state index contributed by atoms with van der Waals surface area (Å²) in [4.78, 5) is 2.46. The van der Waals surface area contributed by atoms with Crippen LogP contribution in [0.4, 0.5) is 0 Å². The highest BCUT2D eigenvalue weighted by molar-refractivity contribution is 4.61. The normalized spacial score (nSPS) is 12.6. The van der Waals surface area contributed by atoms with E-state index in [1.165, 1.54) is 128 Å². The average molecular weight is 470 g/mol. The van der Waals surface area contributed by atoms with Gasteiger partial charge < -0.3 is 14.7 Å². The molecule has 0 amide bonds. The Hall–Kier alpha value is -0.120. The third-order valence-corrected chi connectivity index (χ3v) is 7.04. The summed E-state index contributed by atoms with van der Waals surface area (Å²) in [6.07, 6.45) is 26.9. The molecule has 0 rings (SSSR count). The minimum atomic E-state index is 0.292. The van der Waals surface area contributed by atoms with Crippen LogP contribution < -0.4 is 0 Å². The summed E-state index contributed by atoms with van der Waals surface area (Å²) in [7, 11) is 0. The van der Waals surface area contributed by atoms with Crippen molar-refractivity contribution in [3.63, 3.8) is 0 Å². The molecule has 1 unspecified atom stereocenters. The fraction of sp³-hybridized carbons (Fsp3) is 1.00. The molecule has 0 fully saturated rings. The van der Waals surface area contributed by atoms with E-state index in [0.717, 1.165) is 38.8 Å². The standard InChI is InChI=1S/C30H63NO2/c1-4-7-10-13-14-18-23-30(22-17-11-8-5-2)29-33-28-21-16-15-20-25-31(26-27-32)24-19-12-9-6-3/h30,32H,4-29H2,1-3H3. The summed E-state index contributed by atoms with van der Waals surface area (Å²) in [6, 6.07) is 0. The quantitative estimate of drug-likeness (QED) is 0.116. The van der Waals surface area contributed by atoms with E-state index in [1.54, 1.807) is 0 Å². The molecule has 0 aliphatic heterocycles. The monoisotopic (exact) mass is 469 g/mol. The second kappa shape index (κ2) is 28.1. The Morgan fingerprint density at radius 2 is 1.00 bits per heavy atom. The van der Waals surface area contributed by atoms with Gasteiger partial charge in [0.2, 0.25) is 0 Å². The van der Waals surface area contributed by atoms with Crippen LogP contribution in [0.15, 0.2) is 0 Å². The summed E-state index contributed by atoms with van der Waals surface area (Å²) in [5.74, 6) is 0.785. The van der Waals surface area contributed by atoms with E-state index in [1.807, 2.05) is 0 Å². The number of ether oxygens (including phenoxy) is 1. The lowest BCUT2D eigenvalue weighted by Gasteiger charge is -2.21. The van der Waals surface area contributed by atoms with Crippen molar-refractivity contribution in [2.75, 3.05) is 39.5 Å². The van der Waals surface area contributed by atoms with Gasteiger partial charge >= 0.3 is 0 Å². The summed E-state index contributed by atoms with van der Waals surface area (Å²) < 4.78 is 6.15. The minimum Gasteiger partial charge on any atom is -0.395 e. The van der Waals surface area contributed by atoms with Gasteiger partial charge in [0.1, 0.15) is 0 Å². The van der Waals surface area contributed by atoms with Crippen LogP contribution in [0.5, 0.6) is 0 Å². The van der Waals surface area contributed by atoms with E-state index in [-0.39, 0.29) is 0 Å². The van der Waals surface area contributed by atoms with E-state index >= 15 is 0 Å². The lowest BCUT2D eigenvalue weighted by atomic mass is 9.95. The van der Waals surface area contributed by atoms with Crippen molar-refractivity contribution < 1.29 is 9.84 Å². The Kier molecular flexibility index (Phi) is 28.0. The molecular formula is C30H63NO2. The smallest absolute Gasteiger partial charge is 0.0558 e. The van der Waals surface area contributed by atoms with Crippen molar-refractivity contribution in [2.45, 2.75) is 149 Å². The highest BCUT2D eigenvalue weighted by atomic mass is 16.5. The van der Waals surface area contributed by atoms with Crippen LogP contribution in [0.3, 0.4) is 0 Å². The Morgan fingerprint density at radius 3 is 1.58 bits per heavy atom. The van der Waals surface area contributed by atoms with E-state index in [9.17, 15) is 5.11 Å². The molecule has 0 radical (unpaired) electrons. The lowest BCUT2D eigenvalue weighted by Crippen LogP contribution is -2.29. The highest BCUT2D eigenvalue weighted by Gasteiger charge is 2.09. The fourth-order valence-corrected chi connectivity index (χ4v) is 4.77. The first-order valence-corrected chi connectivity index (χ1v) is 15.2. The number of rotatable bonds is 28. The summed E-state index contributed by atoms with van der Waals surface area (Å²) in [5.41, 5.74) is 0. The van der Waals surface area contributed by atoms with Crippen LogP contribution >= 0.6 is 0 Å². The van der Waals surface area contributed by atoms with Gasteiger partial charge in [-0.05, 0) is 51.1 Å². The van der Waals surface area contributed by atoms with Crippen LogP contribution in [0.1, 0.15) is 149 Å². The summed E-state index contributed by atoms with van der Waals surface area (Å²) in [6.45, 7) is 12.2. The van der Waals surface area contributed by atoms with Crippen LogP contribution in [-0.4, -0.2) is 49.5 Å². The van der Waals surface area contributed by atoms with Crippen LogP contribution in [0, 0.1) is 5.92 Å². The van der Waals surface area contributed by atoms with Crippen molar-refractivity contribution in [3.8, 4) is 0 Å². The molecule has 0 aromatic rings. The number of hydrogen-bond acceptors (Lipinski definition) is 3. The second-order valence-electron chi connectivity index (χ2n) is 10.4. The molecule has 0 heterocycles. The van der Waals surface area contributed by atoms with Crippen molar-refractivity contribution >= 4 is 0 Å². The van der Waals surface area contributed by atoms with Gasteiger partial charge in [-0.25, -0.2) is 0 Å². The molecule has 33 heavy (non-hydrogen) atoms. The third kappa shape index (κ3) is 24.8. The van der Waals surface area contributed by atoms with Gasteiger partial charge in [-0.3, -0.25) is 0 Å². The highest BCUT2D eigenvalue weighted by Crippen LogP contribution is 2.19. The molecule has 0 aromatic heterocycles. The van der Waals surface area contributed by atoms with Gasteiger partial charge in [0, 0.05) is 19.8 Å². The van der Waals surface area contributed by atoms with Gasteiger partial charge in [-0.2, -0.15) is 0 Å². The predicted octanol–water partition coefficient (Wildman–Crippen LogP) is 8.78. The maximum absolute atomic E-state index is 9.31. The zero-order valence-electron chi connectivity index (χ0n) is 23.3.